The summed E-state index contributed by atoms with van der Waals surface area (Å²) >= 11 is 0. The number of rotatable bonds is 4. The van der Waals surface area contributed by atoms with Gasteiger partial charge in [-0.1, -0.05) is 39.0 Å². The Morgan fingerprint density at radius 3 is 2.42 bits per heavy atom. The van der Waals surface area contributed by atoms with Crippen LogP contribution >= 0.6 is 0 Å². The monoisotopic (exact) mass is 259 g/mol. The van der Waals surface area contributed by atoms with E-state index in [-0.39, 0.29) is 0 Å². The van der Waals surface area contributed by atoms with E-state index >= 15 is 0 Å². The fourth-order valence-corrected chi connectivity index (χ4v) is 3.36. The van der Waals surface area contributed by atoms with Crippen molar-refractivity contribution >= 4 is 0 Å². The van der Waals surface area contributed by atoms with Crippen molar-refractivity contribution in [2.24, 2.45) is 5.41 Å². The maximum Gasteiger partial charge on any atom is -0.00459 e. The van der Waals surface area contributed by atoms with Crippen LogP contribution in [0.3, 0.4) is 0 Å². The van der Waals surface area contributed by atoms with E-state index in [1.54, 1.807) is 16.7 Å². The Morgan fingerprint density at radius 2 is 1.79 bits per heavy atom. The van der Waals surface area contributed by atoms with E-state index in [9.17, 15) is 0 Å². The first kappa shape index (κ1) is 14.6. The van der Waals surface area contributed by atoms with E-state index in [1.165, 1.54) is 32.1 Å². The Kier molecular flexibility index (Phi) is 4.67. The molecule has 0 fully saturated rings. The summed E-state index contributed by atoms with van der Waals surface area (Å²) in [5.41, 5.74) is 5.09. The number of hydrogen-bond donors (Lipinski definition) is 1. The van der Waals surface area contributed by atoms with E-state index < -0.39 is 0 Å². The summed E-state index contributed by atoms with van der Waals surface area (Å²) in [5.74, 6) is 0.646. The Hall–Kier alpha value is -0.820. The largest absolute Gasteiger partial charge is 0.320 e. The molecule has 19 heavy (non-hydrogen) atoms. The summed E-state index contributed by atoms with van der Waals surface area (Å²) in [4.78, 5) is 0. The molecule has 0 radical (unpaired) electrons. The van der Waals surface area contributed by atoms with Crippen molar-refractivity contribution in [2.45, 2.75) is 58.8 Å². The first-order valence-electron chi connectivity index (χ1n) is 7.78. The van der Waals surface area contributed by atoms with Gasteiger partial charge in [0.1, 0.15) is 0 Å². The molecule has 2 rings (SSSR count). The molecule has 106 valence electrons. The zero-order valence-electron chi connectivity index (χ0n) is 13.1. The smallest absolute Gasteiger partial charge is 0.00459 e. The molecular formula is C18H29N. The highest BCUT2D eigenvalue weighted by Gasteiger charge is 2.26. The van der Waals surface area contributed by atoms with Gasteiger partial charge in [-0.3, -0.25) is 0 Å². The quantitative estimate of drug-likeness (QED) is 0.850. The van der Waals surface area contributed by atoms with Crippen molar-refractivity contribution in [1.82, 2.24) is 5.32 Å². The van der Waals surface area contributed by atoms with Crippen molar-refractivity contribution in [1.29, 1.82) is 0 Å². The molecule has 1 aliphatic rings. The first-order chi connectivity index (χ1) is 9.02. The number of nitrogens with one attached hydrogen (secondary N) is 1. The van der Waals surface area contributed by atoms with E-state index in [2.05, 4.69) is 44.3 Å². The van der Waals surface area contributed by atoms with Crippen LogP contribution in [-0.4, -0.2) is 13.6 Å². The Balaban J connectivity index is 2.26. The minimum atomic E-state index is 0.333. The maximum absolute atomic E-state index is 3.30. The number of aryl methyl sites for hydroxylation is 2. The molecule has 1 aliphatic carbocycles. The van der Waals surface area contributed by atoms with Crippen LogP contribution in [0.4, 0.5) is 0 Å². The predicted molar refractivity (Wildman–Crippen MR) is 83.8 cm³/mol. The molecule has 1 unspecified atom stereocenters. The van der Waals surface area contributed by atoms with Crippen LogP contribution in [0.1, 0.15) is 62.6 Å². The lowest BCUT2D eigenvalue weighted by Crippen LogP contribution is -2.23. The summed E-state index contributed by atoms with van der Waals surface area (Å²) in [7, 11) is 2.05. The lowest BCUT2D eigenvalue weighted by atomic mass is 9.73. The molecule has 0 saturated carbocycles. The van der Waals surface area contributed by atoms with Gasteiger partial charge in [-0.25, -0.2) is 0 Å². The third kappa shape index (κ3) is 3.60. The highest BCUT2D eigenvalue weighted by Crippen LogP contribution is 2.38. The van der Waals surface area contributed by atoms with Crippen molar-refractivity contribution in [3.05, 3.63) is 34.9 Å². The SMILES string of the molecule is CNCCC(c1ccc2c(c1)CCCC2)C(C)(C)C. The summed E-state index contributed by atoms with van der Waals surface area (Å²) in [5, 5.41) is 3.30. The van der Waals surface area contributed by atoms with Gasteiger partial charge >= 0.3 is 0 Å². The Bertz CT molecular complexity index is 414. The second-order valence-electron chi connectivity index (χ2n) is 7.05. The van der Waals surface area contributed by atoms with Crippen molar-refractivity contribution in [3.63, 3.8) is 0 Å². The molecule has 1 nitrogen and oxygen atoms in total. The molecule has 1 aromatic rings. The van der Waals surface area contributed by atoms with Crippen molar-refractivity contribution in [3.8, 4) is 0 Å². The normalized spacial score (nSPS) is 17.1. The minimum Gasteiger partial charge on any atom is -0.320 e. The molecule has 0 aromatic heterocycles. The lowest BCUT2D eigenvalue weighted by Gasteiger charge is -2.32. The summed E-state index contributed by atoms with van der Waals surface area (Å²) in [6.45, 7) is 8.20. The van der Waals surface area contributed by atoms with Crippen LogP contribution in [0.25, 0.3) is 0 Å². The second-order valence-corrected chi connectivity index (χ2v) is 7.05. The zero-order chi connectivity index (χ0) is 13.9. The van der Waals surface area contributed by atoms with Gasteiger partial charge in [0.15, 0.2) is 0 Å². The van der Waals surface area contributed by atoms with E-state index in [0.29, 0.717) is 11.3 Å². The van der Waals surface area contributed by atoms with Gasteiger partial charge in [0.25, 0.3) is 0 Å². The van der Waals surface area contributed by atoms with Crippen molar-refractivity contribution < 1.29 is 0 Å². The number of benzene rings is 1. The topological polar surface area (TPSA) is 12.0 Å². The van der Waals surface area contributed by atoms with E-state index in [1.807, 2.05) is 7.05 Å². The van der Waals surface area contributed by atoms with Gasteiger partial charge in [0.05, 0.1) is 0 Å². The van der Waals surface area contributed by atoms with Gasteiger partial charge in [0.2, 0.25) is 0 Å². The van der Waals surface area contributed by atoms with Crippen LogP contribution in [0, 0.1) is 5.41 Å². The third-order valence-corrected chi connectivity index (χ3v) is 4.50. The molecule has 0 saturated heterocycles. The molecule has 0 amide bonds. The van der Waals surface area contributed by atoms with Gasteiger partial charge in [-0.05, 0) is 73.7 Å². The summed E-state index contributed by atoms with van der Waals surface area (Å²) in [6.07, 6.45) is 6.53. The van der Waals surface area contributed by atoms with Crippen LogP contribution in [-0.2, 0) is 12.8 Å². The van der Waals surface area contributed by atoms with Gasteiger partial charge in [0, 0.05) is 0 Å². The van der Waals surface area contributed by atoms with Crippen LogP contribution in [0.2, 0.25) is 0 Å². The van der Waals surface area contributed by atoms with Crippen LogP contribution in [0.5, 0.6) is 0 Å². The van der Waals surface area contributed by atoms with Crippen molar-refractivity contribution in [2.75, 3.05) is 13.6 Å². The molecular weight excluding hydrogens is 230 g/mol. The maximum atomic E-state index is 3.30. The minimum absolute atomic E-state index is 0.333. The number of fused-ring (bicyclic) bond motifs is 1. The number of hydrogen-bond acceptors (Lipinski definition) is 1. The molecule has 0 spiro atoms. The Morgan fingerprint density at radius 1 is 1.11 bits per heavy atom. The fraction of sp³-hybridized carbons (Fsp3) is 0.667. The summed E-state index contributed by atoms with van der Waals surface area (Å²) in [6, 6.07) is 7.28. The standard InChI is InChI=1S/C18H29N/c1-18(2,3)17(11-12-19-4)16-10-9-14-7-5-6-8-15(14)13-16/h9-10,13,17,19H,5-8,11-12H2,1-4H3. The molecule has 1 N–H and O–H groups in total. The molecule has 0 heterocycles. The molecule has 1 aromatic carbocycles. The average molecular weight is 259 g/mol. The van der Waals surface area contributed by atoms with Gasteiger partial charge in [-0.2, -0.15) is 0 Å². The van der Waals surface area contributed by atoms with E-state index in [4.69, 9.17) is 0 Å². The lowest BCUT2D eigenvalue weighted by molar-refractivity contribution is 0.303. The molecule has 0 aliphatic heterocycles. The van der Waals surface area contributed by atoms with Gasteiger partial charge < -0.3 is 5.32 Å². The fourth-order valence-electron chi connectivity index (χ4n) is 3.36. The second kappa shape index (κ2) is 6.09. The highest BCUT2D eigenvalue weighted by atomic mass is 14.8. The average Bonchev–Trinajstić information content (AvgIpc) is 2.37. The third-order valence-electron chi connectivity index (χ3n) is 4.50. The Labute approximate surface area is 118 Å². The molecule has 1 heteroatoms. The first-order valence-corrected chi connectivity index (χ1v) is 7.78. The van der Waals surface area contributed by atoms with Crippen LogP contribution in [0.15, 0.2) is 18.2 Å². The van der Waals surface area contributed by atoms with E-state index in [0.717, 1.165) is 6.54 Å². The molecule has 0 bridgehead atoms. The zero-order valence-corrected chi connectivity index (χ0v) is 13.1. The highest BCUT2D eigenvalue weighted by molar-refractivity contribution is 5.36. The predicted octanol–water partition coefficient (Wildman–Crippen LogP) is 4.30. The summed E-state index contributed by atoms with van der Waals surface area (Å²) < 4.78 is 0. The molecule has 1 atom stereocenters. The van der Waals surface area contributed by atoms with Crippen LogP contribution < -0.4 is 5.32 Å². The van der Waals surface area contributed by atoms with Gasteiger partial charge in [-0.15, -0.1) is 0 Å².